The number of rotatable bonds is 8. The Kier molecular flexibility index (Phi) is 5.61. The molecule has 2 fully saturated rings. The zero-order valence-electron chi connectivity index (χ0n) is 14.5. The Labute approximate surface area is 153 Å². The van der Waals surface area contributed by atoms with E-state index in [9.17, 15) is 13.2 Å². The van der Waals surface area contributed by atoms with Gasteiger partial charge in [-0.3, -0.25) is 9.69 Å². The van der Waals surface area contributed by atoms with Gasteiger partial charge >= 0.3 is 5.97 Å². The van der Waals surface area contributed by atoms with Gasteiger partial charge in [-0.25, -0.2) is 13.1 Å². The molecule has 140 valence electrons. The molecule has 7 nitrogen and oxygen atoms in total. The third kappa shape index (κ3) is 4.61. The zero-order valence-corrected chi connectivity index (χ0v) is 15.3. The van der Waals surface area contributed by atoms with E-state index in [1.165, 1.54) is 12.1 Å². The summed E-state index contributed by atoms with van der Waals surface area (Å²) in [4.78, 5) is 13.4. The fourth-order valence-corrected chi connectivity index (χ4v) is 4.69. The number of nitrogens with zero attached hydrogens (tertiary/aromatic N) is 2. The van der Waals surface area contributed by atoms with E-state index in [1.54, 1.807) is 12.1 Å². The number of aliphatic carboxylic acids is 1. The molecule has 1 aliphatic heterocycles. The van der Waals surface area contributed by atoms with Gasteiger partial charge in [0.15, 0.2) is 0 Å². The summed E-state index contributed by atoms with van der Waals surface area (Å²) in [5, 5.41) is 18.1. The monoisotopic (exact) mass is 377 g/mol. The minimum atomic E-state index is -3.70. The second kappa shape index (κ2) is 7.74. The molecule has 0 unspecified atom stereocenters. The Morgan fingerprint density at radius 1 is 1.27 bits per heavy atom. The van der Waals surface area contributed by atoms with Crippen LogP contribution in [-0.2, 0) is 14.8 Å². The van der Waals surface area contributed by atoms with Crippen LogP contribution in [0.1, 0.15) is 37.7 Å². The highest BCUT2D eigenvalue weighted by molar-refractivity contribution is 7.89. The number of nitrogens with one attached hydrogen (secondary N) is 1. The van der Waals surface area contributed by atoms with E-state index < -0.39 is 16.0 Å². The van der Waals surface area contributed by atoms with Crippen LogP contribution in [0.25, 0.3) is 0 Å². The Balaban J connectivity index is 1.66. The molecule has 0 spiro atoms. The number of nitriles is 1. The summed E-state index contributed by atoms with van der Waals surface area (Å²) < 4.78 is 27.7. The van der Waals surface area contributed by atoms with Crippen molar-refractivity contribution >= 4 is 16.0 Å². The molecular weight excluding hydrogens is 354 g/mol. The van der Waals surface area contributed by atoms with Crippen LogP contribution >= 0.6 is 0 Å². The van der Waals surface area contributed by atoms with Crippen LogP contribution in [0.15, 0.2) is 29.2 Å². The highest BCUT2D eigenvalue weighted by Gasteiger charge is 2.38. The van der Waals surface area contributed by atoms with Crippen molar-refractivity contribution in [2.75, 3.05) is 13.1 Å². The van der Waals surface area contributed by atoms with Crippen LogP contribution in [0.2, 0.25) is 0 Å². The molecule has 1 heterocycles. The average molecular weight is 377 g/mol. The molecule has 0 radical (unpaired) electrons. The second-order valence-corrected chi connectivity index (χ2v) is 8.88. The highest BCUT2D eigenvalue weighted by Crippen LogP contribution is 2.35. The van der Waals surface area contributed by atoms with E-state index in [-0.39, 0.29) is 29.9 Å². The molecule has 1 saturated heterocycles. The summed E-state index contributed by atoms with van der Waals surface area (Å²) in [6.45, 7) is 1.09. The second-order valence-electron chi connectivity index (χ2n) is 7.11. The maximum absolute atomic E-state index is 12.5. The molecule has 0 aromatic heterocycles. The van der Waals surface area contributed by atoms with Crippen molar-refractivity contribution < 1.29 is 18.3 Å². The van der Waals surface area contributed by atoms with Crippen molar-refractivity contribution in [2.45, 2.75) is 49.1 Å². The lowest BCUT2D eigenvalue weighted by Gasteiger charge is -2.29. The lowest BCUT2D eigenvalue weighted by Crippen LogP contribution is -2.44. The summed E-state index contributed by atoms with van der Waals surface area (Å²) in [5.41, 5.74) is 0.297. The van der Waals surface area contributed by atoms with Gasteiger partial charge in [0, 0.05) is 25.2 Å². The van der Waals surface area contributed by atoms with E-state index >= 15 is 0 Å². The molecule has 0 amide bonds. The maximum Gasteiger partial charge on any atom is 0.304 e. The van der Waals surface area contributed by atoms with Gasteiger partial charge in [-0.2, -0.15) is 5.26 Å². The van der Waals surface area contributed by atoms with E-state index in [2.05, 4.69) is 9.62 Å². The molecule has 2 atom stereocenters. The van der Waals surface area contributed by atoms with Crippen molar-refractivity contribution in [3.05, 3.63) is 29.8 Å². The smallest absolute Gasteiger partial charge is 0.304 e. The molecule has 2 N–H and O–H groups in total. The van der Waals surface area contributed by atoms with Gasteiger partial charge in [-0.1, -0.05) is 6.07 Å². The molecule has 1 aromatic carbocycles. The van der Waals surface area contributed by atoms with Crippen molar-refractivity contribution in [1.29, 1.82) is 5.26 Å². The summed E-state index contributed by atoms with van der Waals surface area (Å²) in [7, 11) is -3.70. The molecule has 1 aliphatic carbocycles. The van der Waals surface area contributed by atoms with E-state index in [4.69, 9.17) is 10.4 Å². The first-order valence-electron chi connectivity index (χ1n) is 8.86. The minimum absolute atomic E-state index is 0.00822. The van der Waals surface area contributed by atoms with Gasteiger partial charge in [0.1, 0.15) is 0 Å². The molecule has 2 aliphatic rings. The van der Waals surface area contributed by atoms with Crippen molar-refractivity contribution in [3.63, 3.8) is 0 Å². The quantitative estimate of drug-likeness (QED) is 0.711. The number of hydrogen-bond donors (Lipinski definition) is 2. The number of carbonyl (C=O) groups is 1. The molecular formula is C18H23N3O4S. The standard InChI is InChI=1S/C18H23N3O4S/c19-10-14-2-1-3-17(8-14)26(24,25)20-11-16-7-6-15(9-18(22)23)21(16)12-13-4-5-13/h1-3,8,13,15-16,20H,4-7,9,11-12H2,(H,22,23)/t15-,16+/m1/s1. The molecule has 0 bridgehead atoms. The van der Waals surface area contributed by atoms with Crippen molar-refractivity contribution in [1.82, 2.24) is 9.62 Å². The summed E-state index contributed by atoms with van der Waals surface area (Å²) in [6, 6.07) is 7.85. The number of carboxylic acid groups (broad SMARTS) is 1. The first kappa shape index (κ1) is 18.8. The van der Waals surface area contributed by atoms with Gasteiger partial charge in [-0.05, 0) is 49.8 Å². The SMILES string of the molecule is N#Cc1cccc(S(=O)(=O)NC[C@@H]2CC[C@H](CC(=O)O)N2CC2CC2)c1. The van der Waals surface area contributed by atoms with Gasteiger partial charge in [0.05, 0.1) is 22.9 Å². The summed E-state index contributed by atoms with van der Waals surface area (Å²) in [5.74, 6) is -0.207. The predicted molar refractivity (Wildman–Crippen MR) is 94.8 cm³/mol. The average Bonchev–Trinajstić information content (AvgIpc) is 3.36. The topological polar surface area (TPSA) is 110 Å². The largest absolute Gasteiger partial charge is 0.481 e. The number of benzene rings is 1. The Hall–Kier alpha value is -1.95. The molecule has 8 heteroatoms. The zero-order chi connectivity index (χ0) is 18.7. The number of sulfonamides is 1. The van der Waals surface area contributed by atoms with Crippen LogP contribution in [0.5, 0.6) is 0 Å². The third-order valence-electron chi connectivity index (χ3n) is 5.13. The Bertz CT molecular complexity index is 814. The van der Waals surface area contributed by atoms with Crippen LogP contribution in [-0.4, -0.2) is 49.6 Å². The van der Waals surface area contributed by atoms with Crippen LogP contribution < -0.4 is 4.72 Å². The number of carboxylic acids is 1. The normalized spacial score (nSPS) is 23.7. The highest BCUT2D eigenvalue weighted by atomic mass is 32.2. The van der Waals surface area contributed by atoms with Gasteiger partial charge < -0.3 is 5.11 Å². The Morgan fingerprint density at radius 2 is 2.00 bits per heavy atom. The predicted octanol–water partition coefficient (Wildman–Crippen LogP) is 1.55. The first-order valence-corrected chi connectivity index (χ1v) is 10.3. The molecule has 26 heavy (non-hydrogen) atoms. The van der Waals surface area contributed by atoms with E-state index in [0.29, 0.717) is 11.5 Å². The number of hydrogen-bond acceptors (Lipinski definition) is 5. The molecule has 3 rings (SSSR count). The summed E-state index contributed by atoms with van der Waals surface area (Å²) in [6.07, 6.45) is 3.98. The molecule has 1 aromatic rings. The maximum atomic E-state index is 12.5. The molecule has 1 saturated carbocycles. The van der Waals surface area contributed by atoms with Gasteiger partial charge in [-0.15, -0.1) is 0 Å². The lowest BCUT2D eigenvalue weighted by molar-refractivity contribution is -0.138. The van der Waals surface area contributed by atoms with Crippen LogP contribution in [0.3, 0.4) is 0 Å². The third-order valence-corrected chi connectivity index (χ3v) is 6.55. The minimum Gasteiger partial charge on any atom is -0.481 e. The lowest BCUT2D eigenvalue weighted by atomic mass is 10.1. The Morgan fingerprint density at radius 3 is 2.65 bits per heavy atom. The van der Waals surface area contributed by atoms with Crippen LogP contribution in [0, 0.1) is 17.2 Å². The fraction of sp³-hybridized carbons (Fsp3) is 0.556. The van der Waals surface area contributed by atoms with Crippen molar-refractivity contribution in [3.8, 4) is 6.07 Å². The summed E-state index contributed by atoms with van der Waals surface area (Å²) >= 11 is 0. The van der Waals surface area contributed by atoms with Crippen LogP contribution in [0.4, 0.5) is 0 Å². The fourth-order valence-electron chi connectivity index (χ4n) is 3.57. The van der Waals surface area contributed by atoms with Crippen molar-refractivity contribution in [2.24, 2.45) is 5.92 Å². The first-order chi connectivity index (χ1) is 12.4. The van der Waals surface area contributed by atoms with Gasteiger partial charge in [0.2, 0.25) is 10.0 Å². The van der Waals surface area contributed by atoms with Gasteiger partial charge in [0.25, 0.3) is 0 Å². The van der Waals surface area contributed by atoms with E-state index in [0.717, 1.165) is 32.2 Å². The van der Waals surface area contributed by atoms with E-state index in [1.807, 2.05) is 6.07 Å². The number of likely N-dealkylation sites (tertiary alicyclic amines) is 1.